The molecule has 0 aliphatic carbocycles. The van der Waals surface area contributed by atoms with Crippen LogP contribution in [0.25, 0.3) is 5.69 Å². The fourth-order valence-corrected chi connectivity index (χ4v) is 1.87. The first-order valence-corrected chi connectivity index (χ1v) is 5.62. The van der Waals surface area contributed by atoms with Crippen molar-refractivity contribution in [3.63, 3.8) is 0 Å². The summed E-state index contributed by atoms with van der Waals surface area (Å²) in [6.07, 6.45) is 2.83. The normalized spacial score (nSPS) is 12.6. The van der Waals surface area contributed by atoms with Gasteiger partial charge in [0.15, 0.2) is 0 Å². The molecule has 1 aromatic heterocycles. The molecule has 0 amide bonds. The van der Waals surface area contributed by atoms with Crippen LogP contribution in [0.4, 0.5) is 0 Å². The molecule has 1 aromatic carbocycles. The van der Waals surface area contributed by atoms with E-state index < -0.39 is 0 Å². The average Bonchev–Trinajstić information content (AvgIpc) is 2.79. The molecule has 3 heteroatoms. The predicted molar refractivity (Wildman–Crippen MR) is 65.7 cm³/mol. The van der Waals surface area contributed by atoms with Gasteiger partial charge in [-0.25, -0.2) is 4.68 Å². The van der Waals surface area contributed by atoms with Crippen LogP contribution in [0.2, 0.25) is 0 Å². The number of nitrogens with zero attached hydrogens (tertiary/aromatic N) is 2. The summed E-state index contributed by atoms with van der Waals surface area (Å²) in [7, 11) is 0. The van der Waals surface area contributed by atoms with Gasteiger partial charge < -0.3 is 5.73 Å². The van der Waals surface area contributed by atoms with Crippen molar-refractivity contribution in [2.45, 2.75) is 19.3 Å². The zero-order chi connectivity index (χ0) is 11.4. The van der Waals surface area contributed by atoms with E-state index in [4.69, 9.17) is 5.73 Å². The second kappa shape index (κ2) is 4.94. The third-order valence-corrected chi connectivity index (χ3v) is 2.78. The number of hydrogen-bond donors (Lipinski definition) is 1. The van der Waals surface area contributed by atoms with E-state index in [2.05, 4.69) is 30.2 Å². The van der Waals surface area contributed by atoms with Crippen molar-refractivity contribution in [1.29, 1.82) is 0 Å². The summed E-state index contributed by atoms with van der Waals surface area (Å²) >= 11 is 0. The van der Waals surface area contributed by atoms with Crippen LogP contribution in [0.3, 0.4) is 0 Å². The molecule has 0 aliphatic heterocycles. The standard InChI is InChI=1S/C13H17N3/c1-11(7-9-14)13-8-10-15-16(13)12-5-3-2-4-6-12/h2-6,8,10-11H,7,9,14H2,1H3. The number of nitrogens with two attached hydrogens (primary N) is 1. The maximum Gasteiger partial charge on any atom is 0.0648 e. The zero-order valence-electron chi connectivity index (χ0n) is 9.50. The fourth-order valence-electron chi connectivity index (χ4n) is 1.87. The number of benzene rings is 1. The Labute approximate surface area is 95.9 Å². The van der Waals surface area contributed by atoms with Crippen molar-refractivity contribution >= 4 is 0 Å². The molecule has 0 aliphatic rings. The Morgan fingerprint density at radius 2 is 2.00 bits per heavy atom. The van der Waals surface area contributed by atoms with E-state index in [9.17, 15) is 0 Å². The number of aromatic nitrogens is 2. The Morgan fingerprint density at radius 3 is 2.69 bits per heavy atom. The van der Waals surface area contributed by atoms with Gasteiger partial charge in [-0.05, 0) is 37.1 Å². The van der Waals surface area contributed by atoms with Gasteiger partial charge in [0.2, 0.25) is 0 Å². The van der Waals surface area contributed by atoms with Gasteiger partial charge in [0.1, 0.15) is 0 Å². The van der Waals surface area contributed by atoms with Crippen LogP contribution in [0.5, 0.6) is 0 Å². The Bertz CT molecular complexity index is 433. The first-order chi connectivity index (χ1) is 7.83. The Morgan fingerprint density at radius 1 is 1.25 bits per heavy atom. The average molecular weight is 215 g/mol. The van der Waals surface area contributed by atoms with E-state index >= 15 is 0 Å². The molecule has 0 radical (unpaired) electrons. The van der Waals surface area contributed by atoms with Crippen LogP contribution in [0.15, 0.2) is 42.6 Å². The second-order valence-electron chi connectivity index (χ2n) is 3.98. The first kappa shape index (κ1) is 10.9. The lowest BCUT2D eigenvalue weighted by Crippen LogP contribution is -2.09. The van der Waals surface area contributed by atoms with Gasteiger partial charge >= 0.3 is 0 Å². The maximum absolute atomic E-state index is 5.59. The molecule has 2 aromatic rings. The van der Waals surface area contributed by atoms with Crippen molar-refractivity contribution in [2.75, 3.05) is 6.54 Å². The number of rotatable bonds is 4. The monoisotopic (exact) mass is 215 g/mol. The highest BCUT2D eigenvalue weighted by Gasteiger charge is 2.11. The minimum atomic E-state index is 0.438. The number of para-hydroxylation sites is 1. The van der Waals surface area contributed by atoms with E-state index in [0.717, 1.165) is 12.1 Å². The van der Waals surface area contributed by atoms with Crippen molar-refractivity contribution in [3.05, 3.63) is 48.3 Å². The largest absolute Gasteiger partial charge is 0.330 e. The summed E-state index contributed by atoms with van der Waals surface area (Å²) < 4.78 is 1.99. The molecule has 2 rings (SSSR count). The van der Waals surface area contributed by atoms with Crippen LogP contribution in [-0.4, -0.2) is 16.3 Å². The van der Waals surface area contributed by atoms with Gasteiger partial charge in [0.25, 0.3) is 0 Å². The molecule has 0 bridgehead atoms. The van der Waals surface area contributed by atoms with Crippen molar-refractivity contribution in [2.24, 2.45) is 5.73 Å². The SMILES string of the molecule is CC(CCN)c1ccnn1-c1ccccc1. The molecular weight excluding hydrogens is 198 g/mol. The molecule has 0 saturated carbocycles. The summed E-state index contributed by atoms with van der Waals surface area (Å²) in [5.74, 6) is 0.438. The van der Waals surface area contributed by atoms with Gasteiger partial charge in [-0.3, -0.25) is 0 Å². The van der Waals surface area contributed by atoms with Gasteiger partial charge in [-0.2, -0.15) is 5.10 Å². The summed E-state index contributed by atoms with van der Waals surface area (Å²) in [6, 6.07) is 12.2. The highest BCUT2D eigenvalue weighted by Crippen LogP contribution is 2.20. The third-order valence-electron chi connectivity index (χ3n) is 2.78. The Kier molecular flexibility index (Phi) is 3.37. The molecule has 2 N–H and O–H groups in total. The van der Waals surface area contributed by atoms with E-state index in [1.54, 1.807) is 0 Å². The van der Waals surface area contributed by atoms with E-state index in [-0.39, 0.29) is 0 Å². The second-order valence-corrected chi connectivity index (χ2v) is 3.98. The zero-order valence-corrected chi connectivity index (χ0v) is 9.50. The van der Waals surface area contributed by atoms with Gasteiger partial charge in [-0.1, -0.05) is 25.1 Å². The molecular formula is C13H17N3. The van der Waals surface area contributed by atoms with Crippen LogP contribution in [0, 0.1) is 0 Å². The smallest absolute Gasteiger partial charge is 0.0648 e. The summed E-state index contributed by atoms with van der Waals surface area (Å²) in [5.41, 5.74) is 7.92. The quantitative estimate of drug-likeness (QED) is 0.850. The summed E-state index contributed by atoms with van der Waals surface area (Å²) in [5, 5.41) is 4.37. The molecule has 0 saturated heterocycles. The maximum atomic E-state index is 5.59. The van der Waals surface area contributed by atoms with Gasteiger partial charge in [0.05, 0.1) is 5.69 Å². The lowest BCUT2D eigenvalue weighted by Gasteiger charge is -2.13. The fraction of sp³-hybridized carbons (Fsp3) is 0.308. The van der Waals surface area contributed by atoms with Gasteiger partial charge in [0, 0.05) is 11.9 Å². The molecule has 1 heterocycles. The summed E-state index contributed by atoms with van der Waals surface area (Å²) in [4.78, 5) is 0. The van der Waals surface area contributed by atoms with Crippen molar-refractivity contribution in [3.8, 4) is 5.69 Å². The van der Waals surface area contributed by atoms with Gasteiger partial charge in [-0.15, -0.1) is 0 Å². The molecule has 1 atom stereocenters. The van der Waals surface area contributed by atoms with Crippen LogP contribution >= 0.6 is 0 Å². The minimum absolute atomic E-state index is 0.438. The lowest BCUT2D eigenvalue weighted by atomic mass is 10.0. The first-order valence-electron chi connectivity index (χ1n) is 5.62. The third kappa shape index (κ3) is 2.14. The van der Waals surface area contributed by atoms with E-state index in [1.807, 2.05) is 29.1 Å². The highest BCUT2D eigenvalue weighted by molar-refractivity contribution is 5.33. The molecule has 1 unspecified atom stereocenters. The van der Waals surface area contributed by atoms with Crippen LogP contribution < -0.4 is 5.73 Å². The minimum Gasteiger partial charge on any atom is -0.330 e. The molecule has 16 heavy (non-hydrogen) atoms. The summed E-state index contributed by atoms with van der Waals surface area (Å²) in [6.45, 7) is 2.89. The molecule has 3 nitrogen and oxygen atoms in total. The topological polar surface area (TPSA) is 43.8 Å². The van der Waals surface area contributed by atoms with Crippen LogP contribution in [0.1, 0.15) is 25.0 Å². The van der Waals surface area contributed by atoms with Crippen molar-refractivity contribution in [1.82, 2.24) is 9.78 Å². The Hall–Kier alpha value is -1.61. The highest BCUT2D eigenvalue weighted by atomic mass is 15.3. The van der Waals surface area contributed by atoms with Crippen molar-refractivity contribution < 1.29 is 0 Å². The molecule has 0 fully saturated rings. The van der Waals surface area contributed by atoms with E-state index in [1.165, 1.54) is 5.69 Å². The van der Waals surface area contributed by atoms with E-state index in [0.29, 0.717) is 12.5 Å². The lowest BCUT2D eigenvalue weighted by molar-refractivity contribution is 0.638. The molecule has 84 valence electrons. The number of hydrogen-bond acceptors (Lipinski definition) is 2. The Balaban J connectivity index is 2.33. The predicted octanol–water partition coefficient (Wildman–Crippen LogP) is 2.32. The molecule has 0 spiro atoms. The van der Waals surface area contributed by atoms with Crippen LogP contribution in [-0.2, 0) is 0 Å².